The highest BCUT2D eigenvalue weighted by atomic mass is 16.4. The van der Waals surface area contributed by atoms with Crippen LogP contribution < -0.4 is 0 Å². The Hall–Kier alpha value is -1.84. The second-order valence-corrected chi connectivity index (χ2v) is 4.70. The van der Waals surface area contributed by atoms with E-state index in [0.717, 1.165) is 23.1 Å². The number of rotatable bonds is 3. The van der Waals surface area contributed by atoms with Crippen LogP contribution in [0.5, 0.6) is 0 Å². The first-order valence-electron chi connectivity index (χ1n) is 5.69. The number of hydrogen-bond donors (Lipinski definition) is 1. The van der Waals surface area contributed by atoms with Crippen molar-refractivity contribution in [1.82, 2.24) is 9.78 Å². The van der Waals surface area contributed by atoms with Crippen LogP contribution in [-0.4, -0.2) is 20.9 Å². The molecule has 17 heavy (non-hydrogen) atoms. The maximum atomic E-state index is 10.9. The monoisotopic (exact) mass is 232 g/mol. The van der Waals surface area contributed by atoms with E-state index in [1.54, 1.807) is 12.1 Å². The molecule has 0 fully saturated rings. The van der Waals surface area contributed by atoms with Crippen molar-refractivity contribution in [3.63, 3.8) is 0 Å². The molecular formula is C13H16N2O2. The molecule has 0 bridgehead atoms. The normalized spacial score (nSPS) is 11.3. The van der Waals surface area contributed by atoms with Crippen molar-refractivity contribution < 1.29 is 9.90 Å². The van der Waals surface area contributed by atoms with Crippen molar-refractivity contribution >= 4 is 16.9 Å². The van der Waals surface area contributed by atoms with E-state index in [1.807, 2.05) is 17.7 Å². The summed E-state index contributed by atoms with van der Waals surface area (Å²) >= 11 is 0. The van der Waals surface area contributed by atoms with Gasteiger partial charge in [-0.05, 0) is 31.0 Å². The van der Waals surface area contributed by atoms with Crippen molar-refractivity contribution in [1.29, 1.82) is 0 Å². The highest BCUT2D eigenvalue weighted by Crippen LogP contribution is 2.20. The molecule has 0 spiro atoms. The van der Waals surface area contributed by atoms with Crippen molar-refractivity contribution in [2.75, 3.05) is 0 Å². The van der Waals surface area contributed by atoms with Gasteiger partial charge in [-0.2, -0.15) is 5.10 Å². The zero-order valence-electron chi connectivity index (χ0n) is 10.3. The minimum absolute atomic E-state index is 0.310. The number of carbonyl (C=O) groups is 1. The number of aromatic carboxylic acids is 1. The van der Waals surface area contributed by atoms with Gasteiger partial charge in [-0.15, -0.1) is 0 Å². The van der Waals surface area contributed by atoms with Crippen LogP contribution in [0, 0.1) is 12.8 Å². The summed E-state index contributed by atoms with van der Waals surface area (Å²) in [5.41, 5.74) is 2.19. The summed E-state index contributed by atoms with van der Waals surface area (Å²) in [6, 6.07) is 5.15. The van der Waals surface area contributed by atoms with Gasteiger partial charge in [-0.3, -0.25) is 4.68 Å². The molecule has 1 N–H and O–H groups in total. The molecule has 4 heteroatoms. The highest BCUT2D eigenvalue weighted by Gasteiger charge is 2.11. The van der Waals surface area contributed by atoms with Gasteiger partial charge >= 0.3 is 5.97 Å². The third kappa shape index (κ3) is 2.16. The van der Waals surface area contributed by atoms with Crippen molar-refractivity contribution in [3.8, 4) is 0 Å². The Kier molecular flexibility index (Phi) is 2.88. The highest BCUT2D eigenvalue weighted by molar-refractivity contribution is 5.94. The van der Waals surface area contributed by atoms with Crippen LogP contribution in [0.2, 0.25) is 0 Å². The third-order valence-electron chi connectivity index (χ3n) is 2.72. The molecule has 1 heterocycles. The standard InChI is InChI=1S/C13H16N2O2/c1-8(2)7-15-12-5-4-10(13(16)17)6-11(12)9(3)14-15/h4-6,8H,7H2,1-3H3,(H,16,17). The predicted molar refractivity (Wildman–Crippen MR) is 66.3 cm³/mol. The molecule has 0 aliphatic heterocycles. The van der Waals surface area contributed by atoms with Gasteiger partial charge in [0.2, 0.25) is 0 Å². The van der Waals surface area contributed by atoms with Crippen LogP contribution in [0.15, 0.2) is 18.2 Å². The molecular weight excluding hydrogens is 216 g/mol. The van der Waals surface area contributed by atoms with E-state index in [1.165, 1.54) is 0 Å². The Bertz CT molecular complexity index is 570. The largest absolute Gasteiger partial charge is 0.478 e. The topological polar surface area (TPSA) is 55.1 Å². The van der Waals surface area contributed by atoms with E-state index >= 15 is 0 Å². The van der Waals surface area contributed by atoms with E-state index in [-0.39, 0.29) is 0 Å². The summed E-state index contributed by atoms with van der Waals surface area (Å²) in [6.45, 7) is 7.02. The van der Waals surface area contributed by atoms with Crippen LogP contribution in [0.4, 0.5) is 0 Å². The maximum absolute atomic E-state index is 10.9. The molecule has 0 saturated heterocycles. The van der Waals surface area contributed by atoms with Gasteiger partial charge in [0.25, 0.3) is 0 Å². The molecule has 0 unspecified atom stereocenters. The third-order valence-corrected chi connectivity index (χ3v) is 2.72. The van der Waals surface area contributed by atoms with E-state index in [2.05, 4.69) is 18.9 Å². The average Bonchev–Trinajstić information content (AvgIpc) is 2.54. The van der Waals surface area contributed by atoms with Gasteiger partial charge < -0.3 is 5.11 Å². The fraction of sp³-hybridized carbons (Fsp3) is 0.385. The molecule has 1 aromatic heterocycles. The Balaban J connectivity index is 2.57. The molecule has 0 aliphatic rings. The molecule has 2 aromatic rings. The molecule has 1 aromatic carbocycles. The lowest BCUT2D eigenvalue weighted by molar-refractivity contribution is 0.0697. The van der Waals surface area contributed by atoms with E-state index in [4.69, 9.17) is 5.11 Å². The predicted octanol–water partition coefficient (Wildman–Crippen LogP) is 2.70. The van der Waals surface area contributed by atoms with Gasteiger partial charge in [-0.25, -0.2) is 4.79 Å². The molecule has 0 radical (unpaired) electrons. The first-order chi connectivity index (χ1) is 7.99. The number of hydrogen-bond acceptors (Lipinski definition) is 2. The Morgan fingerprint density at radius 1 is 1.47 bits per heavy atom. The molecule has 0 aliphatic carbocycles. The van der Waals surface area contributed by atoms with Crippen LogP contribution in [-0.2, 0) is 6.54 Å². The van der Waals surface area contributed by atoms with Gasteiger partial charge in [-0.1, -0.05) is 13.8 Å². The number of aromatic nitrogens is 2. The molecule has 2 rings (SSSR count). The summed E-state index contributed by atoms with van der Waals surface area (Å²) < 4.78 is 1.95. The summed E-state index contributed by atoms with van der Waals surface area (Å²) in [5, 5.41) is 14.3. The summed E-state index contributed by atoms with van der Waals surface area (Å²) in [5.74, 6) is -0.389. The number of benzene rings is 1. The fourth-order valence-electron chi connectivity index (χ4n) is 1.96. The Labute approximate surface area is 99.9 Å². The van der Waals surface area contributed by atoms with E-state index < -0.39 is 5.97 Å². The lowest BCUT2D eigenvalue weighted by Gasteiger charge is -2.06. The van der Waals surface area contributed by atoms with E-state index in [0.29, 0.717) is 11.5 Å². The number of aryl methyl sites for hydroxylation is 1. The van der Waals surface area contributed by atoms with Crippen molar-refractivity contribution in [3.05, 3.63) is 29.5 Å². The van der Waals surface area contributed by atoms with Crippen molar-refractivity contribution in [2.24, 2.45) is 5.92 Å². The van der Waals surface area contributed by atoms with Gasteiger partial charge in [0, 0.05) is 11.9 Å². The minimum atomic E-state index is -0.900. The number of carboxylic acids is 1. The summed E-state index contributed by atoms with van der Waals surface area (Å²) in [4.78, 5) is 10.9. The van der Waals surface area contributed by atoms with Crippen molar-refractivity contribution in [2.45, 2.75) is 27.3 Å². The zero-order valence-corrected chi connectivity index (χ0v) is 10.3. The molecule has 0 atom stereocenters. The molecule has 4 nitrogen and oxygen atoms in total. The van der Waals surface area contributed by atoms with Gasteiger partial charge in [0.05, 0.1) is 16.8 Å². The van der Waals surface area contributed by atoms with Crippen LogP contribution >= 0.6 is 0 Å². The number of carboxylic acid groups (broad SMARTS) is 1. The molecule has 0 amide bonds. The zero-order chi connectivity index (χ0) is 12.6. The minimum Gasteiger partial charge on any atom is -0.478 e. The lowest BCUT2D eigenvalue weighted by Crippen LogP contribution is -2.06. The summed E-state index contributed by atoms with van der Waals surface area (Å²) in [6.07, 6.45) is 0. The molecule has 0 saturated carbocycles. The average molecular weight is 232 g/mol. The Morgan fingerprint density at radius 3 is 2.76 bits per heavy atom. The van der Waals surface area contributed by atoms with Gasteiger partial charge in [0.15, 0.2) is 0 Å². The first-order valence-corrected chi connectivity index (χ1v) is 5.69. The lowest BCUT2D eigenvalue weighted by atomic mass is 10.1. The quantitative estimate of drug-likeness (QED) is 0.885. The number of fused-ring (bicyclic) bond motifs is 1. The Morgan fingerprint density at radius 2 is 2.18 bits per heavy atom. The fourth-order valence-corrected chi connectivity index (χ4v) is 1.96. The van der Waals surface area contributed by atoms with Crippen LogP contribution in [0.1, 0.15) is 29.9 Å². The second kappa shape index (κ2) is 4.20. The van der Waals surface area contributed by atoms with Crippen LogP contribution in [0.25, 0.3) is 10.9 Å². The molecule has 90 valence electrons. The maximum Gasteiger partial charge on any atom is 0.335 e. The number of nitrogens with zero attached hydrogens (tertiary/aromatic N) is 2. The second-order valence-electron chi connectivity index (χ2n) is 4.70. The smallest absolute Gasteiger partial charge is 0.335 e. The van der Waals surface area contributed by atoms with Gasteiger partial charge in [0.1, 0.15) is 0 Å². The first kappa shape index (κ1) is 11.6. The SMILES string of the molecule is Cc1nn(CC(C)C)c2ccc(C(=O)O)cc12. The van der Waals surface area contributed by atoms with Crippen LogP contribution in [0.3, 0.4) is 0 Å². The summed E-state index contributed by atoms with van der Waals surface area (Å²) in [7, 11) is 0. The van der Waals surface area contributed by atoms with E-state index in [9.17, 15) is 4.79 Å².